The summed E-state index contributed by atoms with van der Waals surface area (Å²) in [5, 5.41) is 11.8. The van der Waals surface area contributed by atoms with Crippen LogP contribution in [0.15, 0.2) is 22.6 Å². The van der Waals surface area contributed by atoms with E-state index in [1.165, 1.54) is 4.80 Å². The van der Waals surface area contributed by atoms with Gasteiger partial charge in [-0.3, -0.25) is 0 Å². The molecule has 2 heterocycles. The van der Waals surface area contributed by atoms with Crippen LogP contribution in [-0.4, -0.2) is 25.2 Å². The van der Waals surface area contributed by atoms with E-state index in [-0.39, 0.29) is 0 Å². The number of tetrazole rings is 1. The summed E-state index contributed by atoms with van der Waals surface area (Å²) < 4.78 is 5.01. The summed E-state index contributed by atoms with van der Waals surface area (Å²) in [5.41, 5.74) is 2.21. The highest BCUT2D eigenvalue weighted by Gasteiger charge is 2.04. The van der Waals surface area contributed by atoms with Crippen molar-refractivity contribution in [1.82, 2.24) is 25.2 Å². The van der Waals surface area contributed by atoms with Crippen LogP contribution in [0.25, 0.3) is 16.8 Å². The van der Waals surface area contributed by atoms with Gasteiger partial charge in [-0.05, 0) is 30.3 Å². The second-order valence-corrected chi connectivity index (χ2v) is 3.08. The van der Waals surface area contributed by atoms with E-state index < -0.39 is 0 Å². The van der Waals surface area contributed by atoms with Crippen LogP contribution in [0.3, 0.4) is 0 Å². The summed E-state index contributed by atoms with van der Waals surface area (Å²) in [4.78, 5) is 5.38. The smallest absolute Gasteiger partial charge is 0.284 e. The minimum absolute atomic E-state index is 0.627. The summed E-state index contributed by atoms with van der Waals surface area (Å²) in [5.74, 6) is 0.627. The SMILES string of the molecule is Cc1nnn(-c2ccc3o[c]nc3c2)n1. The summed E-state index contributed by atoms with van der Waals surface area (Å²) in [6, 6.07) is 5.45. The van der Waals surface area contributed by atoms with E-state index >= 15 is 0 Å². The second-order valence-electron chi connectivity index (χ2n) is 3.08. The summed E-state index contributed by atoms with van der Waals surface area (Å²) >= 11 is 0. The predicted octanol–water partition coefficient (Wildman–Crippen LogP) is 0.912. The first-order chi connectivity index (χ1) is 7.33. The van der Waals surface area contributed by atoms with Crippen molar-refractivity contribution in [3.63, 3.8) is 0 Å². The fourth-order valence-electron chi connectivity index (χ4n) is 1.32. The Bertz CT molecular complexity index is 612. The maximum Gasteiger partial charge on any atom is 0.284 e. The number of aromatic nitrogens is 5. The van der Waals surface area contributed by atoms with Crippen molar-refractivity contribution < 1.29 is 4.42 Å². The number of rotatable bonds is 1. The molecule has 0 saturated heterocycles. The number of fused-ring (bicyclic) bond motifs is 1. The maximum absolute atomic E-state index is 5.01. The van der Waals surface area contributed by atoms with Crippen molar-refractivity contribution in [3.05, 3.63) is 30.4 Å². The molecule has 0 aliphatic carbocycles. The van der Waals surface area contributed by atoms with Gasteiger partial charge in [0.05, 0.1) is 5.69 Å². The number of hydrogen-bond acceptors (Lipinski definition) is 5. The molecule has 6 heteroatoms. The zero-order chi connectivity index (χ0) is 10.3. The van der Waals surface area contributed by atoms with E-state index in [4.69, 9.17) is 4.42 Å². The number of oxazole rings is 1. The molecular weight excluding hydrogens is 194 g/mol. The molecule has 0 aliphatic rings. The molecule has 3 rings (SSSR count). The average Bonchev–Trinajstić information content (AvgIpc) is 2.84. The van der Waals surface area contributed by atoms with E-state index in [9.17, 15) is 0 Å². The molecule has 2 aromatic heterocycles. The van der Waals surface area contributed by atoms with Gasteiger partial charge in [0.2, 0.25) is 0 Å². The lowest BCUT2D eigenvalue weighted by Gasteiger charge is -1.96. The highest BCUT2D eigenvalue weighted by atomic mass is 16.3. The predicted molar refractivity (Wildman–Crippen MR) is 50.3 cm³/mol. The number of hydrogen-bond donors (Lipinski definition) is 0. The molecule has 0 aliphatic heterocycles. The van der Waals surface area contributed by atoms with Crippen LogP contribution in [0.5, 0.6) is 0 Å². The van der Waals surface area contributed by atoms with Crippen LogP contribution < -0.4 is 0 Å². The van der Waals surface area contributed by atoms with Crippen LogP contribution in [0, 0.1) is 13.3 Å². The molecular formula is C9H6N5O. The quantitative estimate of drug-likeness (QED) is 0.584. The fraction of sp³-hybridized carbons (Fsp3) is 0.111. The Kier molecular flexibility index (Phi) is 1.55. The minimum atomic E-state index is 0.627. The third-order valence-electron chi connectivity index (χ3n) is 2.01. The Morgan fingerprint density at radius 3 is 3.13 bits per heavy atom. The van der Waals surface area contributed by atoms with Crippen molar-refractivity contribution >= 4 is 11.1 Å². The Morgan fingerprint density at radius 1 is 1.40 bits per heavy atom. The van der Waals surface area contributed by atoms with Gasteiger partial charge in [-0.2, -0.15) is 0 Å². The molecule has 0 unspecified atom stereocenters. The van der Waals surface area contributed by atoms with Gasteiger partial charge in [-0.15, -0.1) is 15.0 Å². The normalized spacial score (nSPS) is 11.0. The molecule has 1 aromatic carbocycles. The first-order valence-corrected chi connectivity index (χ1v) is 4.36. The molecule has 0 N–H and O–H groups in total. The molecule has 1 radical (unpaired) electrons. The van der Waals surface area contributed by atoms with Gasteiger partial charge in [0.25, 0.3) is 6.39 Å². The number of benzene rings is 1. The van der Waals surface area contributed by atoms with Gasteiger partial charge < -0.3 is 4.42 Å². The average molecular weight is 200 g/mol. The zero-order valence-electron chi connectivity index (χ0n) is 7.88. The lowest BCUT2D eigenvalue weighted by molar-refractivity contribution is 0.591. The zero-order valence-corrected chi connectivity index (χ0v) is 7.88. The lowest BCUT2D eigenvalue weighted by Crippen LogP contribution is -1.98. The maximum atomic E-state index is 5.01. The summed E-state index contributed by atoms with van der Waals surface area (Å²) in [6.45, 7) is 1.78. The molecule has 6 nitrogen and oxygen atoms in total. The summed E-state index contributed by atoms with van der Waals surface area (Å²) in [6.07, 6.45) is 2.43. The van der Waals surface area contributed by atoms with E-state index in [1.54, 1.807) is 13.0 Å². The van der Waals surface area contributed by atoms with Gasteiger partial charge in [0.15, 0.2) is 11.4 Å². The highest BCUT2D eigenvalue weighted by molar-refractivity contribution is 5.74. The van der Waals surface area contributed by atoms with Crippen LogP contribution in [0.1, 0.15) is 5.82 Å². The van der Waals surface area contributed by atoms with Gasteiger partial charge in [-0.1, -0.05) is 0 Å². The Labute approximate surface area is 84.5 Å². The largest absolute Gasteiger partial charge is 0.432 e. The van der Waals surface area contributed by atoms with E-state index in [2.05, 4.69) is 26.8 Å². The van der Waals surface area contributed by atoms with Crippen molar-refractivity contribution in [2.45, 2.75) is 6.92 Å². The van der Waals surface area contributed by atoms with Crippen molar-refractivity contribution in [3.8, 4) is 5.69 Å². The van der Waals surface area contributed by atoms with Crippen LogP contribution in [0.4, 0.5) is 0 Å². The highest BCUT2D eigenvalue weighted by Crippen LogP contribution is 2.15. The van der Waals surface area contributed by atoms with Gasteiger partial charge in [0.1, 0.15) is 5.52 Å². The molecule has 0 saturated carbocycles. The molecule has 3 aromatic rings. The van der Waals surface area contributed by atoms with Crippen molar-refractivity contribution in [1.29, 1.82) is 0 Å². The molecule has 0 amide bonds. The van der Waals surface area contributed by atoms with E-state index in [1.807, 2.05) is 12.1 Å². The molecule has 0 fully saturated rings. The number of nitrogens with zero attached hydrogens (tertiary/aromatic N) is 5. The van der Waals surface area contributed by atoms with Crippen LogP contribution in [-0.2, 0) is 0 Å². The fourth-order valence-corrected chi connectivity index (χ4v) is 1.32. The first-order valence-electron chi connectivity index (χ1n) is 4.36. The third kappa shape index (κ3) is 1.26. The topological polar surface area (TPSA) is 69.6 Å². The standard InChI is InChI=1S/C9H6N5O/c1-6-11-13-14(12-6)7-2-3-9-8(4-7)10-5-15-9/h2-4H,1H3. The monoisotopic (exact) mass is 200 g/mol. The van der Waals surface area contributed by atoms with Gasteiger partial charge in [-0.25, -0.2) is 4.98 Å². The van der Waals surface area contributed by atoms with Crippen LogP contribution >= 0.6 is 0 Å². The Balaban J connectivity index is 2.18. The summed E-state index contributed by atoms with van der Waals surface area (Å²) in [7, 11) is 0. The van der Waals surface area contributed by atoms with Gasteiger partial charge in [0, 0.05) is 0 Å². The van der Waals surface area contributed by atoms with Crippen LogP contribution in [0.2, 0.25) is 0 Å². The Morgan fingerprint density at radius 2 is 2.33 bits per heavy atom. The number of aryl methyl sites for hydroxylation is 1. The molecule has 0 bridgehead atoms. The second kappa shape index (κ2) is 2.88. The lowest BCUT2D eigenvalue weighted by atomic mass is 10.3. The van der Waals surface area contributed by atoms with E-state index in [0.717, 1.165) is 11.2 Å². The third-order valence-corrected chi connectivity index (χ3v) is 2.01. The molecule has 73 valence electrons. The van der Waals surface area contributed by atoms with Crippen molar-refractivity contribution in [2.75, 3.05) is 0 Å². The minimum Gasteiger partial charge on any atom is -0.432 e. The first kappa shape index (κ1) is 8.10. The Hall–Kier alpha value is -2.24. The van der Waals surface area contributed by atoms with Crippen molar-refractivity contribution in [2.24, 2.45) is 0 Å². The molecule has 0 spiro atoms. The van der Waals surface area contributed by atoms with E-state index in [0.29, 0.717) is 11.4 Å². The molecule has 0 atom stereocenters. The van der Waals surface area contributed by atoms with Gasteiger partial charge >= 0.3 is 0 Å². The molecule has 15 heavy (non-hydrogen) atoms.